The van der Waals surface area contributed by atoms with E-state index in [9.17, 15) is 34.2 Å². The number of carboxylic acids is 1. The van der Waals surface area contributed by atoms with E-state index in [2.05, 4.69) is 28.6 Å². The van der Waals surface area contributed by atoms with Gasteiger partial charge in [0.2, 0.25) is 23.6 Å². The lowest BCUT2D eigenvalue weighted by Gasteiger charge is -2.24. The second-order valence-corrected chi connectivity index (χ2v) is 7.49. The Morgan fingerprint density at radius 2 is 1.43 bits per heavy atom. The van der Waals surface area contributed by atoms with E-state index in [1.54, 1.807) is 13.8 Å². The number of rotatable bonds is 14. The zero-order chi connectivity index (χ0) is 23.4. The standard InChI is InChI=1S/C17H31N5O7S/c1-8(2)5-11(17(28)29)21-15(26)10(3-4-13(19)24)20-16(27)12(6-23)22-14(25)9(18)7-30/h8-12,23,30H,3-7,18H2,1-2H3,(H2,19,24)(H,20,27)(H,21,26)(H,22,25)(H,28,29). The van der Waals surface area contributed by atoms with Gasteiger partial charge >= 0.3 is 5.97 Å². The fourth-order valence-corrected chi connectivity index (χ4v) is 2.51. The number of carbonyl (C=O) groups excluding carboxylic acids is 4. The van der Waals surface area contributed by atoms with Gasteiger partial charge < -0.3 is 37.6 Å². The predicted octanol–water partition coefficient (Wildman–Crippen LogP) is -2.91. The molecule has 172 valence electrons. The topological polar surface area (TPSA) is 214 Å². The van der Waals surface area contributed by atoms with Gasteiger partial charge in [-0.3, -0.25) is 19.2 Å². The van der Waals surface area contributed by atoms with Gasteiger partial charge in [-0.05, 0) is 18.8 Å². The molecule has 0 saturated heterocycles. The number of aliphatic hydroxyl groups excluding tert-OH is 1. The number of carboxylic acid groups (broad SMARTS) is 1. The molecular formula is C17H31N5O7S. The first-order valence-electron chi connectivity index (χ1n) is 9.32. The Morgan fingerprint density at radius 3 is 1.87 bits per heavy atom. The molecule has 13 heteroatoms. The molecule has 0 heterocycles. The van der Waals surface area contributed by atoms with Crippen molar-refractivity contribution in [2.75, 3.05) is 12.4 Å². The highest BCUT2D eigenvalue weighted by atomic mass is 32.1. The summed E-state index contributed by atoms with van der Waals surface area (Å²) in [5, 5.41) is 25.5. The highest BCUT2D eigenvalue weighted by molar-refractivity contribution is 7.80. The van der Waals surface area contributed by atoms with Crippen molar-refractivity contribution in [3.63, 3.8) is 0 Å². The van der Waals surface area contributed by atoms with E-state index in [1.807, 2.05) is 0 Å². The normalized spacial score (nSPS) is 14.9. The minimum absolute atomic E-state index is 0.00166. The van der Waals surface area contributed by atoms with E-state index in [4.69, 9.17) is 11.5 Å². The number of nitrogens with two attached hydrogens (primary N) is 2. The molecule has 0 aliphatic carbocycles. The van der Waals surface area contributed by atoms with E-state index in [1.165, 1.54) is 0 Å². The van der Waals surface area contributed by atoms with Crippen LogP contribution in [0, 0.1) is 5.92 Å². The van der Waals surface area contributed by atoms with Gasteiger partial charge in [-0.1, -0.05) is 13.8 Å². The fourth-order valence-electron chi connectivity index (χ4n) is 2.35. The Kier molecular flexibility index (Phi) is 12.7. The van der Waals surface area contributed by atoms with Crippen molar-refractivity contribution < 1.29 is 34.2 Å². The van der Waals surface area contributed by atoms with E-state index < -0.39 is 60.4 Å². The summed E-state index contributed by atoms with van der Waals surface area (Å²) in [6, 6.07) is -4.95. The van der Waals surface area contributed by atoms with Gasteiger partial charge in [0.25, 0.3) is 0 Å². The Hall–Kier alpha value is -2.38. The lowest BCUT2D eigenvalue weighted by molar-refractivity contribution is -0.143. The first kappa shape index (κ1) is 27.6. The quantitative estimate of drug-likeness (QED) is 0.128. The summed E-state index contributed by atoms with van der Waals surface area (Å²) >= 11 is 3.87. The smallest absolute Gasteiger partial charge is 0.326 e. The molecule has 0 radical (unpaired) electrons. The van der Waals surface area contributed by atoms with Crippen LogP contribution in [0.1, 0.15) is 33.1 Å². The van der Waals surface area contributed by atoms with Crippen LogP contribution in [0.25, 0.3) is 0 Å². The van der Waals surface area contributed by atoms with Gasteiger partial charge in [0.05, 0.1) is 12.6 Å². The molecule has 9 N–H and O–H groups in total. The van der Waals surface area contributed by atoms with Crippen LogP contribution in [0.2, 0.25) is 0 Å². The maximum atomic E-state index is 12.6. The molecule has 0 aliphatic rings. The van der Waals surface area contributed by atoms with Gasteiger partial charge in [0, 0.05) is 12.2 Å². The summed E-state index contributed by atoms with van der Waals surface area (Å²) in [6.45, 7) is 2.77. The zero-order valence-electron chi connectivity index (χ0n) is 17.0. The average Bonchev–Trinajstić information content (AvgIpc) is 2.66. The van der Waals surface area contributed by atoms with E-state index in [-0.39, 0.29) is 30.9 Å². The molecule has 0 fully saturated rings. The second-order valence-electron chi connectivity index (χ2n) is 7.13. The van der Waals surface area contributed by atoms with Gasteiger partial charge in [0.15, 0.2) is 0 Å². The molecule has 12 nitrogen and oxygen atoms in total. The number of aliphatic carboxylic acids is 1. The van der Waals surface area contributed by atoms with Crippen LogP contribution in [0.15, 0.2) is 0 Å². The monoisotopic (exact) mass is 449 g/mol. The summed E-state index contributed by atoms with van der Waals surface area (Å²) < 4.78 is 0. The molecule has 4 atom stereocenters. The third-order valence-electron chi connectivity index (χ3n) is 3.98. The summed E-state index contributed by atoms with van der Waals surface area (Å²) in [5.41, 5.74) is 10.6. The number of hydrogen-bond acceptors (Lipinski definition) is 8. The highest BCUT2D eigenvalue weighted by Gasteiger charge is 2.30. The minimum atomic E-state index is -1.42. The molecule has 0 aromatic heterocycles. The number of amides is 4. The molecule has 4 unspecified atom stereocenters. The second kappa shape index (κ2) is 13.8. The molecule has 4 amide bonds. The van der Waals surface area contributed by atoms with Gasteiger partial charge in [0.1, 0.15) is 18.1 Å². The molecule has 0 bridgehead atoms. The zero-order valence-corrected chi connectivity index (χ0v) is 17.9. The minimum Gasteiger partial charge on any atom is -0.480 e. The van der Waals surface area contributed by atoms with E-state index >= 15 is 0 Å². The van der Waals surface area contributed by atoms with Crippen molar-refractivity contribution in [3.05, 3.63) is 0 Å². The molecule has 0 spiro atoms. The predicted molar refractivity (Wildman–Crippen MR) is 110 cm³/mol. The van der Waals surface area contributed by atoms with Crippen molar-refractivity contribution in [3.8, 4) is 0 Å². The van der Waals surface area contributed by atoms with Crippen molar-refractivity contribution in [1.29, 1.82) is 0 Å². The third-order valence-corrected chi connectivity index (χ3v) is 4.38. The summed E-state index contributed by atoms with van der Waals surface area (Å²) in [5.74, 6) is -4.51. The van der Waals surface area contributed by atoms with Crippen LogP contribution < -0.4 is 27.4 Å². The number of thiol groups is 1. The maximum Gasteiger partial charge on any atom is 0.326 e. The SMILES string of the molecule is CC(C)CC(NC(=O)C(CCC(N)=O)NC(=O)C(CO)NC(=O)C(N)CS)C(=O)O. The summed E-state index contributed by atoms with van der Waals surface area (Å²) in [7, 11) is 0. The molecule has 0 aliphatic heterocycles. The van der Waals surface area contributed by atoms with Crippen LogP contribution in [-0.2, 0) is 24.0 Å². The number of hydrogen-bond donors (Lipinski definition) is 8. The Bertz CT molecular complexity index is 632. The number of aliphatic hydroxyl groups is 1. The highest BCUT2D eigenvalue weighted by Crippen LogP contribution is 2.07. The molecule has 30 heavy (non-hydrogen) atoms. The van der Waals surface area contributed by atoms with E-state index in [0.29, 0.717) is 0 Å². The molecule has 0 aromatic carbocycles. The summed E-state index contributed by atoms with van der Waals surface area (Å²) in [6.07, 6.45) is -0.321. The molecular weight excluding hydrogens is 418 g/mol. The average molecular weight is 450 g/mol. The van der Waals surface area contributed by atoms with Crippen molar-refractivity contribution in [1.82, 2.24) is 16.0 Å². The molecule has 0 aromatic rings. The van der Waals surface area contributed by atoms with Crippen molar-refractivity contribution in [2.24, 2.45) is 17.4 Å². The largest absolute Gasteiger partial charge is 0.480 e. The van der Waals surface area contributed by atoms with Gasteiger partial charge in [-0.15, -0.1) is 0 Å². The van der Waals surface area contributed by atoms with Crippen LogP contribution >= 0.6 is 12.6 Å². The Labute approximate surface area is 179 Å². The summed E-state index contributed by atoms with van der Waals surface area (Å²) in [4.78, 5) is 59.3. The lowest BCUT2D eigenvalue weighted by atomic mass is 10.0. The maximum absolute atomic E-state index is 12.6. The van der Waals surface area contributed by atoms with E-state index in [0.717, 1.165) is 0 Å². The lowest BCUT2D eigenvalue weighted by Crippen LogP contribution is -2.58. The number of primary amides is 1. The Morgan fingerprint density at radius 1 is 0.933 bits per heavy atom. The Balaban J connectivity index is 5.32. The van der Waals surface area contributed by atoms with Crippen LogP contribution in [-0.4, -0.2) is 76.3 Å². The van der Waals surface area contributed by atoms with Gasteiger partial charge in [-0.25, -0.2) is 4.79 Å². The van der Waals surface area contributed by atoms with Gasteiger partial charge in [-0.2, -0.15) is 12.6 Å². The fraction of sp³-hybridized carbons (Fsp3) is 0.706. The first-order valence-corrected chi connectivity index (χ1v) is 9.95. The van der Waals surface area contributed by atoms with Crippen LogP contribution in [0.3, 0.4) is 0 Å². The van der Waals surface area contributed by atoms with Crippen LogP contribution in [0.5, 0.6) is 0 Å². The van der Waals surface area contributed by atoms with Crippen molar-refractivity contribution >= 4 is 42.2 Å². The third kappa shape index (κ3) is 10.4. The van der Waals surface area contributed by atoms with Crippen molar-refractivity contribution in [2.45, 2.75) is 57.3 Å². The number of nitrogens with one attached hydrogen (secondary N) is 3. The van der Waals surface area contributed by atoms with Crippen LogP contribution in [0.4, 0.5) is 0 Å². The first-order chi connectivity index (χ1) is 13.9. The number of carbonyl (C=O) groups is 5. The molecule has 0 rings (SSSR count). The molecule has 0 saturated carbocycles.